The van der Waals surface area contributed by atoms with Crippen molar-refractivity contribution >= 4 is 46.3 Å². The molecule has 0 saturated carbocycles. The van der Waals surface area contributed by atoms with E-state index < -0.39 is 5.97 Å². The first-order chi connectivity index (χ1) is 14.4. The van der Waals surface area contributed by atoms with Crippen molar-refractivity contribution in [3.05, 3.63) is 88.0 Å². The molecule has 1 aliphatic heterocycles. The van der Waals surface area contributed by atoms with Gasteiger partial charge in [-0.25, -0.2) is 4.79 Å². The van der Waals surface area contributed by atoms with Gasteiger partial charge >= 0.3 is 5.97 Å². The molecule has 0 radical (unpaired) electrons. The Hall–Kier alpha value is -3.16. The Kier molecular flexibility index (Phi) is 5.57. The lowest BCUT2D eigenvalue weighted by Gasteiger charge is -2.14. The number of thioether (sulfide) groups is 1. The predicted molar refractivity (Wildman–Crippen MR) is 121 cm³/mol. The van der Waals surface area contributed by atoms with Gasteiger partial charge in [0.1, 0.15) is 15.8 Å². The van der Waals surface area contributed by atoms with Crippen LogP contribution in [0.25, 0.3) is 17.4 Å². The first-order valence-corrected chi connectivity index (χ1v) is 10.4. The van der Waals surface area contributed by atoms with Gasteiger partial charge in [0, 0.05) is 11.6 Å². The van der Waals surface area contributed by atoms with E-state index in [1.54, 1.807) is 35.2 Å². The Morgan fingerprint density at radius 3 is 2.63 bits per heavy atom. The van der Waals surface area contributed by atoms with E-state index in [1.165, 1.54) is 23.9 Å². The summed E-state index contributed by atoms with van der Waals surface area (Å²) in [5, 5.41) is 9.00. The molecule has 0 bridgehead atoms. The highest BCUT2D eigenvalue weighted by Crippen LogP contribution is 2.34. The van der Waals surface area contributed by atoms with Crippen LogP contribution in [0.15, 0.2) is 70.0 Å². The molecule has 2 aromatic carbocycles. The van der Waals surface area contributed by atoms with Crippen molar-refractivity contribution in [2.45, 2.75) is 13.5 Å². The molecular weight excluding hydrogens is 418 g/mol. The Morgan fingerprint density at radius 1 is 1.17 bits per heavy atom. The van der Waals surface area contributed by atoms with E-state index in [0.29, 0.717) is 27.3 Å². The third kappa shape index (κ3) is 4.22. The van der Waals surface area contributed by atoms with Gasteiger partial charge in [-0.15, -0.1) is 0 Å². The third-order valence-electron chi connectivity index (χ3n) is 4.61. The fraction of sp³-hybridized carbons (Fsp3) is 0.0870. The molecule has 1 aliphatic rings. The number of carbonyl (C=O) groups is 2. The number of benzene rings is 2. The SMILES string of the molecule is Cc1cccc(CN2C(=O)C(=Cc3ccc(-c4ccc(C(=O)O)cc4)o3)SC2=S)c1. The van der Waals surface area contributed by atoms with Gasteiger partial charge in [-0.05, 0) is 36.8 Å². The largest absolute Gasteiger partial charge is 0.478 e. The number of rotatable bonds is 5. The fourth-order valence-electron chi connectivity index (χ4n) is 3.12. The van der Waals surface area contributed by atoms with Crippen LogP contribution in [-0.4, -0.2) is 26.2 Å². The number of hydrogen-bond acceptors (Lipinski definition) is 5. The molecule has 0 aliphatic carbocycles. The van der Waals surface area contributed by atoms with E-state index in [4.69, 9.17) is 21.7 Å². The molecule has 2 heterocycles. The van der Waals surface area contributed by atoms with E-state index in [2.05, 4.69) is 0 Å². The third-order valence-corrected chi connectivity index (χ3v) is 5.99. The minimum absolute atomic E-state index is 0.143. The highest BCUT2D eigenvalue weighted by molar-refractivity contribution is 8.26. The maximum absolute atomic E-state index is 12.8. The first-order valence-electron chi connectivity index (χ1n) is 9.15. The standard InChI is InChI=1S/C23H17NO4S2/c1-14-3-2-4-15(11-14)13-24-21(25)20(30-23(24)29)12-18-9-10-19(28-18)16-5-7-17(8-6-16)22(26)27/h2-12H,13H2,1H3,(H,26,27). The van der Waals surface area contributed by atoms with Gasteiger partial charge in [-0.1, -0.05) is 65.9 Å². The molecule has 150 valence electrons. The first kappa shape index (κ1) is 20.1. The Labute approximate surface area is 183 Å². The zero-order chi connectivity index (χ0) is 21.3. The molecule has 7 heteroatoms. The molecule has 1 N–H and O–H groups in total. The molecule has 30 heavy (non-hydrogen) atoms. The molecular formula is C23H17NO4S2. The molecule has 0 unspecified atom stereocenters. The molecule has 1 amide bonds. The Morgan fingerprint density at radius 2 is 1.93 bits per heavy atom. The summed E-state index contributed by atoms with van der Waals surface area (Å²) >= 11 is 6.66. The van der Waals surface area contributed by atoms with Crippen LogP contribution in [0, 0.1) is 6.92 Å². The summed E-state index contributed by atoms with van der Waals surface area (Å²) < 4.78 is 6.35. The second kappa shape index (κ2) is 8.30. The highest BCUT2D eigenvalue weighted by atomic mass is 32.2. The summed E-state index contributed by atoms with van der Waals surface area (Å²) in [5.74, 6) is 0.00133. The van der Waals surface area contributed by atoms with E-state index in [-0.39, 0.29) is 11.5 Å². The lowest BCUT2D eigenvalue weighted by Crippen LogP contribution is -2.27. The molecule has 3 aromatic rings. The van der Waals surface area contributed by atoms with Gasteiger partial charge in [-0.3, -0.25) is 9.69 Å². The van der Waals surface area contributed by atoms with E-state index in [9.17, 15) is 9.59 Å². The number of aromatic carboxylic acids is 1. The predicted octanol–water partition coefficient (Wildman–Crippen LogP) is 5.35. The van der Waals surface area contributed by atoms with E-state index in [1.807, 2.05) is 31.2 Å². The summed E-state index contributed by atoms with van der Waals surface area (Å²) in [7, 11) is 0. The number of carbonyl (C=O) groups excluding carboxylic acids is 1. The fourth-order valence-corrected chi connectivity index (χ4v) is 4.36. The lowest BCUT2D eigenvalue weighted by atomic mass is 10.1. The van der Waals surface area contributed by atoms with Crippen LogP contribution in [0.3, 0.4) is 0 Å². The Bertz CT molecular complexity index is 1180. The number of furan rings is 1. The molecule has 4 rings (SSSR count). The molecule has 0 spiro atoms. The zero-order valence-electron chi connectivity index (χ0n) is 16.0. The van der Waals surface area contributed by atoms with Gasteiger partial charge in [0.25, 0.3) is 5.91 Å². The smallest absolute Gasteiger partial charge is 0.335 e. The summed E-state index contributed by atoms with van der Waals surface area (Å²) in [5.41, 5.74) is 3.13. The normalized spacial score (nSPS) is 15.2. The van der Waals surface area contributed by atoms with Crippen LogP contribution in [0.4, 0.5) is 0 Å². The van der Waals surface area contributed by atoms with E-state index >= 15 is 0 Å². The number of amides is 1. The van der Waals surface area contributed by atoms with Crippen LogP contribution in [-0.2, 0) is 11.3 Å². The quantitative estimate of drug-likeness (QED) is 0.430. The second-order valence-corrected chi connectivity index (χ2v) is 8.52. The summed E-state index contributed by atoms with van der Waals surface area (Å²) in [6, 6.07) is 18.0. The van der Waals surface area contributed by atoms with Crippen molar-refractivity contribution in [1.29, 1.82) is 0 Å². The summed E-state index contributed by atoms with van der Waals surface area (Å²) in [6.07, 6.45) is 1.69. The highest BCUT2D eigenvalue weighted by Gasteiger charge is 2.32. The number of hydrogen-bond donors (Lipinski definition) is 1. The van der Waals surface area contributed by atoms with Crippen molar-refractivity contribution in [3.8, 4) is 11.3 Å². The molecule has 5 nitrogen and oxygen atoms in total. The summed E-state index contributed by atoms with van der Waals surface area (Å²) in [4.78, 5) is 25.9. The molecule has 0 atom stereocenters. The average Bonchev–Trinajstić information content (AvgIpc) is 3.29. The molecule has 1 fully saturated rings. The number of aryl methyl sites for hydroxylation is 1. The zero-order valence-corrected chi connectivity index (χ0v) is 17.6. The van der Waals surface area contributed by atoms with Gasteiger partial charge in [0.2, 0.25) is 0 Å². The van der Waals surface area contributed by atoms with Crippen LogP contribution in [0.2, 0.25) is 0 Å². The lowest BCUT2D eigenvalue weighted by molar-refractivity contribution is -0.122. The van der Waals surface area contributed by atoms with Gasteiger partial charge < -0.3 is 9.52 Å². The monoisotopic (exact) mass is 435 g/mol. The van der Waals surface area contributed by atoms with Crippen LogP contribution < -0.4 is 0 Å². The Balaban J connectivity index is 1.52. The van der Waals surface area contributed by atoms with Crippen molar-refractivity contribution in [2.24, 2.45) is 0 Å². The van der Waals surface area contributed by atoms with Gasteiger partial charge in [0.05, 0.1) is 17.0 Å². The topological polar surface area (TPSA) is 70.8 Å². The second-order valence-electron chi connectivity index (χ2n) is 6.84. The van der Waals surface area contributed by atoms with E-state index in [0.717, 1.165) is 16.7 Å². The minimum Gasteiger partial charge on any atom is -0.478 e. The van der Waals surface area contributed by atoms with Crippen LogP contribution in [0.1, 0.15) is 27.2 Å². The number of carboxylic acids is 1. The van der Waals surface area contributed by atoms with Crippen LogP contribution >= 0.6 is 24.0 Å². The molecule has 1 saturated heterocycles. The maximum atomic E-state index is 12.8. The van der Waals surface area contributed by atoms with Crippen molar-refractivity contribution in [1.82, 2.24) is 4.90 Å². The maximum Gasteiger partial charge on any atom is 0.335 e. The van der Waals surface area contributed by atoms with Crippen molar-refractivity contribution < 1.29 is 19.1 Å². The van der Waals surface area contributed by atoms with Crippen molar-refractivity contribution in [2.75, 3.05) is 0 Å². The number of carboxylic acid groups (broad SMARTS) is 1. The number of nitrogens with zero attached hydrogens (tertiary/aromatic N) is 1. The minimum atomic E-state index is -0.977. The number of thiocarbonyl (C=S) groups is 1. The van der Waals surface area contributed by atoms with Gasteiger partial charge in [0.15, 0.2) is 0 Å². The average molecular weight is 436 g/mol. The molecule has 1 aromatic heterocycles. The van der Waals surface area contributed by atoms with Crippen molar-refractivity contribution in [3.63, 3.8) is 0 Å². The van der Waals surface area contributed by atoms with Gasteiger partial charge in [-0.2, -0.15) is 0 Å². The van der Waals surface area contributed by atoms with Crippen LogP contribution in [0.5, 0.6) is 0 Å². The summed E-state index contributed by atoms with van der Waals surface area (Å²) in [6.45, 7) is 2.44.